The minimum Gasteiger partial charge on any atom is -0.397 e. The zero-order chi connectivity index (χ0) is 12.7. The summed E-state index contributed by atoms with van der Waals surface area (Å²) >= 11 is 0. The summed E-state index contributed by atoms with van der Waals surface area (Å²) in [5.74, 6) is 0.303. The Hall–Kier alpha value is -1.82. The molecule has 0 saturated carbocycles. The molecule has 96 valence electrons. The van der Waals surface area contributed by atoms with E-state index in [4.69, 9.17) is 10.4 Å². The third-order valence-corrected chi connectivity index (χ3v) is 3.67. The zero-order valence-corrected chi connectivity index (χ0v) is 10.2. The number of nitrogens with two attached hydrogens (primary N) is 1. The lowest BCUT2D eigenvalue weighted by atomic mass is 10.0. The van der Waals surface area contributed by atoms with E-state index >= 15 is 0 Å². The molecule has 6 nitrogen and oxygen atoms in total. The highest BCUT2D eigenvalue weighted by Crippen LogP contribution is 2.32. The van der Waals surface area contributed by atoms with Crippen LogP contribution in [0.2, 0.25) is 0 Å². The van der Waals surface area contributed by atoms with Gasteiger partial charge in [0.15, 0.2) is 11.0 Å². The zero-order valence-electron chi connectivity index (χ0n) is 10.2. The molecule has 3 rings (SSSR count). The normalized spacial score (nSPS) is 21.7. The van der Waals surface area contributed by atoms with Crippen molar-refractivity contribution >= 4 is 22.4 Å². The molecular formula is C12H16N4O2. The highest BCUT2D eigenvalue weighted by Gasteiger charge is 2.28. The first-order valence-electron chi connectivity index (χ1n) is 6.10. The van der Waals surface area contributed by atoms with Crippen molar-refractivity contribution < 1.29 is 9.74 Å². The van der Waals surface area contributed by atoms with Crippen LogP contribution in [0.15, 0.2) is 16.8 Å². The first kappa shape index (κ1) is 11.3. The topological polar surface area (TPSA) is 88.4 Å². The number of nitrogens with zero attached hydrogens (tertiary/aromatic N) is 3. The molecule has 18 heavy (non-hydrogen) atoms. The van der Waals surface area contributed by atoms with Crippen LogP contribution in [0.25, 0.3) is 11.0 Å². The van der Waals surface area contributed by atoms with E-state index < -0.39 is 0 Å². The van der Waals surface area contributed by atoms with Crippen LogP contribution in [0.4, 0.5) is 11.4 Å². The molecule has 1 fully saturated rings. The van der Waals surface area contributed by atoms with Gasteiger partial charge in [0.2, 0.25) is 0 Å². The summed E-state index contributed by atoms with van der Waals surface area (Å²) in [4.78, 5) is 2.20. The van der Waals surface area contributed by atoms with Crippen molar-refractivity contribution in [2.45, 2.75) is 19.4 Å². The van der Waals surface area contributed by atoms with Crippen LogP contribution in [-0.2, 0) is 0 Å². The van der Waals surface area contributed by atoms with Crippen molar-refractivity contribution in [3.05, 3.63) is 12.1 Å². The molecule has 3 N–H and O–H groups in total. The standard InChI is InChI=1S/C12H16N4O2/c1-7(17)8-4-5-16(6-8)10-3-2-9(13)11-12(10)15-18-14-11/h2-3,7-8,17H,4-6,13H2,1H3. The minimum absolute atomic E-state index is 0.283. The smallest absolute Gasteiger partial charge is 0.160 e. The van der Waals surface area contributed by atoms with Crippen LogP contribution in [0.3, 0.4) is 0 Å². The minimum atomic E-state index is -0.283. The van der Waals surface area contributed by atoms with Gasteiger partial charge in [-0.05, 0) is 35.8 Å². The van der Waals surface area contributed by atoms with E-state index in [0.717, 1.165) is 25.2 Å². The molecule has 0 spiro atoms. The fraction of sp³-hybridized carbons (Fsp3) is 0.500. The number of aliphatic hydroxyl groups excluding tert-OH is 1. The molecule has 2 unspecified atom stereocenters. The van der Waals surface area contributed by atoms with Crippen LogP contribution in [0.5, 0.6) is 0 Å². The van der Waals surface area contributed by atoms with Crippen molar-refractivity contribution in [2.24, 2.45) is 5.92 Å². The van der Waals surface area contributed by atoms with Gasteiger partial charge in [0, 0.05) is 19.0 Å². The number of nitrogen functional groups attached to an aromatic ring is 1. The molecule has 1 aromatic heterocycles. The summed E-state index contributed by atoms with van der Waals surface area (Å²) in [6, 6.07) is 3.75. The second-order valence-corrected chi connectivity index (χ2v) is 4.87. The van der Waals surface area contributed by atoms with Crippen molar-refractivity contribution in [1.82, 2.24) is 10.3 Å². The summed E-state index contributed by atoms with van der Waals surface area (Å²) in [6.07, 6.45) is 0.698. The molecule has 0 bridgehead atoms. The van der Waals surface area contributed by atoms with Gasteiger partial charge in [0.25, 0.3) is 0 Å². The largest absolute Gasteiger partial charge is 0.397 e. The number of hydrogen-bond acceptors (Lipinski definition) is 6. The predicted octanol–water partition coefficient (Wildman–Crippen LogP) is 1.01. The fourth-order valence-corrected chi connectivity index (χ4v) is 2.53. The Morgan fingerprint density at radius 1 is 1.44 bits per heavy atom. The van der Waals surface area contributed by atoms with Gasteiger partial charge in [0.05, 0.1) is 17.5 Å². The van der Waals surface area contributed by atoms with Gasteiger partial charge < -0.3 is 15.7 Å². The molecular weight excluding hydrogens is 232 g/mol. The molecule has 2 atom stereocenters. The van der Waals surface area contributed by atoms with Gasteiger partial charge in [0.1, 0.15) is 0 Å². The van der Waals surface area contributed by atoms with Crippen LogP contribution < -0.4 is 10.6 Å². The second kappa shape index (κ2) is 4.13. The van der Waals surface area contributed by atoms with Gasteiger partial charge in [-0.25, -0.2) is 4.63 Å². The average Bonchev–Trinajstić information content (AvgIpc) is 2.98. The molecule has 1 aliphatic rings. The van der Waals surface area contributed by atoms with Gasteiger partial charge >= 0.3 is 0 Å². The molecule has 1 aromatic carbocycles. The number of aliphatic hydroxyl groups is 1. The molecule has 1 saturated heterocycles. The van der Waals surface area contributed by atoms with Crippen molar-refractivity contribution in [2.75, 3.05) is 23.7 Å². The molecule has 2 aromatic rings. The first-order valence-corrected chi connectivity index (χ1v) is 6.10. The highest BCUT2D eigenvalue weighted by molar-refractivity contribution is 5.95. The second-order valence-electron chi connectivity index (χ2n) is 4.87. The molecule has 2 heterocycles. The number of fused-ring (bicyclic) bond motifs is 1. The van der Waals surface area contributed by atoms with Crippen LogP contribution in [0.1, 0.15) is 13.3 Å². The van der Waals surface area contributed by atoms with Crippen molar-refractivity contribution in [3.8, 4) is 0 Å². The maximum atomic E-state index is 9.64. The van der Waals surface area contributed by atoms with E-state index in [9.17, 15) is 5.11 Å². The van der Waals surface area contributed by atoms with Crippen LogP contribution in [0, 0.1) is 5.92 Å². The van der Waals surface area contributed by atoms with Gasteiger partial charge in [-0.15, -0.1) is 0 Å². The molecule has 1 aliphatic heterocycles. The SMILES string of the molecule is CC(O)C1CCN(c2ccc(N)c3nonc23)C1. The van der Waals surface area contributed by atoms with E-state index in [1.165, 1.54) is 0 Å². The lowest BCUT2D eigenvalue weighted by Gasteiger charge is -2.19. The maximum absolute atomic E-state index is 9.64. The van der Waals surface area contributed by atoms with Gasteiger partial charge in [-0.3, -0.25) is 0 Å². The number of rotatable bonds is 2. The predicted molar refractivity (Wildman–Crippen MR) is 68.2 cm³/mol. The summed E-state index contributed by atoms with van der Waals surface area (Å²) in [5, 5.41) is 17.4. The Balaban J connectivity index is 1.96. The maximum Gasteiger partial charge on any atom is 0.160 e. The summed E-state index contributed by atoms with van der Waals surface area (Å²) in [6.45, 7) is 3.56. The third-order valence-electron chi connectivity index (χ3n) is 3.67. The Labute approximate surface area is 104 Å². The Morgan fingerprint density at radius 2 is 2.22 bits per heavy atom. The first-order chi connectivity index (χ1) is 8.66. The van der Waals surface area contributed by atoms with Crippen molar-refractivity contribution in [3.63, 3.8) is 0 Å². The third kappa shape index (κ3) is 1.69. The Bertz CT molecular complexity index is 566. The molecule has 0 amide bonds. The number of aromatic nitrogens is 2. The summed E-state index contributed by atoms with van der Waals surface area (Å²) in [7, 11) is 0. The van der Waals surface area contributed by atoms with Gasteiger partial charge in [-0.1, -0.05) is 0 Å². The highest BCUT2D eigenvalue weighted by atomic mass is 16.6. The number of benzene rings is 1. The molecule has 6 heteroatoms. The van der Waals surface area contributed by atoms with Crippen molar-refractivity contribution in [1.29, 1.82) is 0 Å². The average molecular weight is 248 g/mol. The Kier molecular flexibility index (Phi) is 2.59. The quantitative estimate of drug-likeness (QED) is 0.771. The Morgan fingerprint density at radius 3 is 2.94 bits per heavy atom. The lowest BCUT2D eigenvalue weighted by molar-refractivity contribution is 0.136. The molecule has 0 radical (unpaired) electrons. The van der Waals surface area contributed by atoms with Gasteiger partial charge in [-0.2, -0.15) is 0 Å². The van der Waals surface area contributed by atoms with Crippen LogP contribution in [-0.4, -0.2) is 34.6 Å². The fourth-order valence-electron chi connectivity index (χ4n) is 2.53. The van der Waals surface area contributed by atoms with E-state index in [-0.39, 0.29) is 6.10 Å². The summed E-state index contributed by atoms with van der Waals surface area (Å²) < 4.78 is 4.76. The van der Waals surface area contributed by atoms with E-state index in [0.29, 0.717) is 22.6 Å². The van der Waals surface area contributed by atoms with E-state index in [1.54, 1.807) is 0 Å². The number of hydrogen-bond donors (Lipinski definition) is 2. The molecule has 0 aliphatic carbocycles. The lowest BCUT2D eigenvalue weighted by Crippen LogP contribution is -2.24. The van der Waals surface area contributed by atoms with Crippen LogP contribution >= 0.6 is 0 Å². The van der Waals surface area contributed by atoms with E-state index in [1.807, 2.05) is 19.1 Å². The summed E-state index contributed by atoms with van der Waals surface area (Å²) in [5.41, 5.74) is 8.67. The number of anilines is 2. The van der Waals surface area contributed by atoms with E-state index in [2.05, 4.69) is 15.2 Å². The monoisotopic (exact) mass is 248 g/mol.